The smallest absolute Gasteiger partial charge is 0.284 e. The molecule has 0 unspecified atom stereocenters. The van der Waals surface area contributed by atoms with E-state index in [4.69, 9.17) is 15.5 Å². The highest BCUT2D eigenvalue weighted by Crippen LogP contribution is 2.33. The van der Waals surface area contributed by atoms with Crippen molar-refractivity contribution in [1.82, 2.24) is 15.2 Å². The zero-order valence-corrected chi connectivity index (χ0v) is 71.7. The van der Waals surface area contributed by atoms with Gasteiger partial charge in [0, 0.05) is 36.2 Å². The number of carbonyl (C=O) groups is 3. The first-order valence-electron chi connectivity index (χ1n) is 15.6. The van der Waals surface area contributed by atoms with Crippen LogP contribution in [0.4, 0.5) is 0 Å². The lowest BCUT2D eigenvalue weighted by Crippen LogP contribution is -2.70. The second-order valence-electron chi connectivity index (χ2n) is 12.1. The topological polar surface area (TPSA) is 78.5 Å². The number of amides is 3. The van der Waals surface area contributed by atoms with Crippen LogP contribution in [0.15, 0.2) is 0 Å². The van der Waals surface area contributed by atoms with E-state index in [1.165, 1.54) is 0 Å². The molecule has 0 aromatic carbocycles. The van der Waals surface area contributed by atoms with Gasteiger partial charge >= 0.3 is 0 Å². The lowest BCUT2D eigenvalue weighted by Gasteiger charge is -2.35. The number of rotatable bonds is 24. The van der Waals surface area contributed by atoms with Crippen LogP contribution in [-0.2, 0) is 14.4 Å². The van der Waals surface area contributed by atoms with Crippen LogP contribution in [-0.4, -0.2) is 139 Å². The van der Waals surface area contributed by atoms with Gasteiger partial charge in [0.1, 0.15) is 8.70 Å². The van der Waals surface area contributed by atoms with Crippen LogP contribution in [0.25, 0.3) is 0 Å². The van der Waals surface area contributed by atoms with Crippen LogP contribution < -0.4 is 10.5 Å². The average molecular weight is 2970 g/mol. The summed E-state index contributed by atoms with van der Waals surface area (Å²) in [4.78, 5) is 38.5. The van der Waals surface area contributed by atoms with Crippen LogP contribution in [0.2, 0.25) is 0 Å². The molecule has 56 heavy (non-hydrogen) atoms. The largest absolute Gasteiger partial charge is 0.425 e. The van der Waals surface area contributed by atoms with Crippen molar-refractivity contribution in [2.75, 3.05) is 0 Å². The molecule has 0 spiro atoms. The van der Waals surface area contributed by atoms with Gasteiger partial charge in [-0.25, -0.2) is 0 Å². The van der Waals surface area contributed by atoms with Gasteiger partial charge in [-0.15, -0.1) is 44.7 Å². The normalized spacial score (nSPS) is 10.1. The minimum atomic E-state index is -0.0357. The molecule has 0 aromatic rings. The molecule has 0 aromatic heterocycles. The first-order chi connectivity index (χ1) is 25.5. The van der Waals surface area contributed by atoms with Gasteiger partial charge in [-0.3, -0.25) is 14.4 Å². The Morgan fingerprint density at radius 2 is 0.554 bits per heavy atom. The second kappa shape index (κ2) is 36.6. The first-order valence-corrected chi connectivity index (χ1v) is 40.5. The second-order valence-corrected chi connectivity index (χ2v) is 40.6. The highest BCUT2D eigenvalue weighted by atomic mass is 127. The van der Waals surface area contributed by atoms with Gasteiger partial charge in [0.15, 0.2) is 80.1 Å². The molecule has 0 aliphatic heterocycles. The van der Waals surface area contributed by atoms with E-state index in [1.807, 2.05) is 0 Å². The molecular weight excluding hydrogens is 2960 g/mol. The van der Waals surface area contributed by atoms with Crippen molar-refractivity contribution in [3.8, 4) is 0 Å². The fraction of sp³-hybridized carbons (Fsp3) is 0.500. The highest BCUT2D eigenvalue weighted by molar-refractivity contribution is 14.2. The molecule has 0 saturated carbocycles. The molecule has 3 amide bonds. The van der Waals surface area contributed by atoms with Crippen LogP contribution in [0, 0.1) is 0 Å². The van der Waals surface area contributed by atoms with Crippen LogP contribution >= 0.6 is 447 Å². The third-order valence-corrected chi connectivity index (χ3v) is 58.7. The molecule has 0 bridgehead atoms. The Bertz CT molecular complexity index is 1160. The van der Waals surface area contributed by atoms with Crippen molar-refractivity contribution in [3.05, 3.63) is 0 Å². The SMILES string of the molecule is [B]B(I)B(I)B(I)B(I)B(NC(C)=O)B(I)B(I)B(I)B(I)B(I)B(I)N(B(I)B(I)B(I)B(I)B(I)B(I)B(NC(C)=O)B(I)B(I)B(I)B([B])I)C(C)=O. The Kier molecular flexibility index (Phi) is 46.1. The minimum Gasteiger partial charge on any atom is -0.425 e. The molecule has 0 aliphatic carbocycles. The van der Waals surface area contributed by atoms with E-state index in [1.54, 1.807) is 20.8 Å². The minimum absolute atomic E-state index is 0.0181. The molecule has 0 aliphatic rings. The van der Waals surface area contributed by atoms with Gasteiger partial charge in [0.25, 0.3) is 9.19 Å². The molecule has 0 atom stereocenters. The lowest BCUT2D eigenvalue weighted by molar-refractivity contribution is -0.121. The maximum Gasteiger partial charge on any atom is 0.284 e. The summed E-state index contributed by atoms with van der Waals surface area (Å²) in [7, 11) is 12.6. The van der Waals surface area contributed by atoms with E-state index < -0.39 is 0 Å². The van der Waals surface area contributed by atoms with Gasteiger partial charge in [0.2, 0.25) is 20.5 Å². The summed E-state index contributed by atoms with van der Waals surface area (Å²) < 4.78 is 5.74. The molecule has 0 saturated heterocycles. The quantitative estimate of drug-likeness (QED) is 0.0777. The third kappa shape index (κ3) is 23.8. The Morgan fingerprint density at radius 1 is 0.357 bits per heavy atom. The average Bonchev–Trinajstić information content (AvgIpc) is 3.13. The summed E-state index contributed by atoms with van der Waals surface area (Å²) in [5, 5.41) is 6.62. The number of hydrogen-bond acceptors (Lipinski definition) is 3. The third-order valence-electron chi connectivity index (χ3n) is 7.79. The summed E-state index contributed by atoms with van der Waals surface area (Å²) in [6.07, 6.45) is 0. The van der Waals surface area contributed by atoms with Gasteiger partial charge in [-0.05, 0) is 0 Å². The number of nitrogens with one attached hydrogen (secondary N) is 2. The molecule has 6 nitrogen and oxygen atoms in total. The fourth-order valence-corrected chi connectivity index (χ4v) is 33.6. The standard InChI is InChI=1S/C6H11B24I20N3O3/c1-4(54)51-27(21(43)13(35)11(33)9(7)31)23(45)17(39)15(37)19(41)25(47)29(49)53(6(3)56)30(50)26(48)20(42)16(38)18(40)24(46)28(52-5(2)55)22(44)14(36)12(34)10(8)32/h1-3H3,(H,51,54)(H,52,55). The van der Waals surface area contributed by atoms with Crippen LogP contribution in [0.1, 0.15) is 20.8 Å². The Balaban J connectivity index is 6.24. The molecule has 0 fully saturated rings. The van der Waals surface area contributed by atoms with Crippen molar-refractivity contribution in [2.24, 2.45) is 0 Å². The summed E-state index contributed by atoms with van der Waals surface area (Å²) in [6, 6.07) is 0. The molecule has 4 radical (unpaired) electrons. The summed E-state index contributed by atoms with van der Waals surface area (Å²) in [5.41, 5.74) is 0. The predicted molar refractivity (Wildman–Crippen MR) is 459 cm³/mol. The zero-order chi connectivity index (χ0) is 44.4. The Labute approximate surface area is 614 Å². The van der Waals surface area contributed by atoms with Crippen molar-refractivity contribution in [2.45, 2.75) is 20.8 Å². The molecule has 2 N–H and O–H groups in total. The molecule has 280 valence electrons. The van der Waals surface area contributed by atoms with E-state index in [2.05, 4.69) is 463 Å². The van der Waals surface area contributed by atoms with E-state index in [-0.39, 0.29) is 118 Å². The van der Waals surface area contributed by atoms with Crippen molar-refractivity contribution in [3.63, 3.8) is 0 Å². The van der Waals surface area contributed by atoms with E-state index in [9.17, 15) is 14.4 Å². The predicted octanol–water partition coefficient (Wildman–Crippen LogP) is 7.51. The van der Waals surface area contributed by atoms with Crippen LogP contribution in [0.3, 0.4) is 0 Å². The molecule has 0 rings (SSSR count). The van der Waals surface area contributed by atoms with Crippen LogP contribution in [0.5, 0.6) is 0 Å². The van der Waals surface area contributed by atoms with E-state index in [0.29, 0.717) is 0 Å². The number of halogens is 20. The van der Waals surface area contributed by atoms with Crippen molar-refractivity contribution >= 4 is 581 Å². The van der Waals surface area contributed by atoms with Gasteiger partial charge in [-0.2, -0.15) is 403 Å². The molecule has 50 heteroatoms. The summed E-state index contributed by atoms with van der Waals surface area (Å²) in [5.74, 6) is 0.0395. The first kappa shape index (κ1) is 70.6. The van der Waals surface area contributed by atoms with E-state index >= 15 is 0 Å². The van der Waals surface area contributed by atoms with E-state index in [0.717, 1.165) is 0 Å². The van der Waals surface area contributed by atoms with Gasteiger partial charge < -0.3 is 15.2 Å². The summed E-state index contributed by atoms with van der Waals surface area (Å²) in [6.45, 7) is 4.86. The maximum atomic E-state index is 13.6. The molecule has 0 heterocycles. The number of hydrogen-bond donors (Lipinski definition) is 2. The zero-order valence-electron chi connectivity index (χ0n) is 28.6. The Morgan fingerprint density at radius 3 is 0.750 bits per heavy atom. The van der Waals surface area contributed by atoms with Gasteiger partial charge in [-0.1, -0.05) is 0 Å². The summed E-state index contributed by atoms with van der Waals surface area (Å²) >= 11 is 50.4. The van der Waals surface area contributed by atoms with Gasteiger partial charge in [0.05, 0.1) is 0 Å². The lowest BCUT2D eigenvalue weighted by atomic mass is 8.82. The fourth-order valence-electron chi connectivity index (χ4n) is 4.78. The van der Waals surface area contributed by atoms with Crippen molar-refractivity contribution < 1.29 is 14.4 Å². The number of carbonyl (C=O) groups excluding carboxylic acids is 3. The Hall–Kier alpha value is 14.6. The highest BCUT2D eigenvalue weighted by Gasteiger charge is 2.57. The maximum absolute atomic E-state index is 13.6. The molecular formula is C6H11B24I20N3O3. The monoisotopic (exact) mass is 2980 g/mol. The van der Waals surface area contributed by atoms with Crippen molar-refractivity contribution in [1.29, 1.82) is 0 Å². The number of nitrogens with zero attached hydrogens (tertiary/aromatic N) is 1.